The molecule has 0 saturated carbocycles. The number of H-pyrrole nitrogens is 2. The van der Waals surface area contributed by atoms with E-state index in [0.29, 0.717) is 11.3 Å². The summed E-state index contributed by atoms with van der Waals surface area (Å²) >= 11 is 0. The maximum Gasteiger partial charge on any atom is 0.326 e. The third-order valence-electron chi connectivity index (χ3n) is 5.53. The Morgan fingerprint density at radius 3 is 2.43 bits per heavy atom. The summed E-state index contributed by atoms with van der Waals surface area (Å²) < 4.78 is 0. The monoisotopic (exact) mass is 512 g/mol. The number of carboxylic acids is 1. The molecule has 3 aromatic rings. The van der Waals surface area contributed by atoms with Crippen molar-refractivity contribution in [3.8, 4) is 0 Å². The van der Waals surface area contributed by atoms with E-state index in [1.165, 1.54) is 12.5 Å². The van der Waals surface area contributed by atoms with Crippen molar-refractivity contribution in [1.82, 2.24) is 30.9 Å². The van der Waals surface area contributed by atoms with Crippen LogP contribution in [-0.2, 0) is 36.8 Å². The normalized spacial score (nSPS) is 13.3. The topological polar surface area (TPSA) is 238 Å². The zero-order valence-corrected chi connectivity index (χ0v) is 19.7. The van der Waals surface area contributed by atoms with E-state index in [1.54, 1.807) is 6.20 Å². The zero-order chi connectivity index (χ0) is 26.9. The van der Waals surface area contributed by atoms with Gasteiger partial charge < -0.3 is 42.5 Å². The Kier molecular flexibility index (Phi) is 8.94. The first-order valence-electron chi connectivity index (χ1n) is 11.3. The van der Waals surface area contributed by atoms with Crippen LogP contribution in [0.2, 0.25) is 0 Å². The molecular weight excluding hydrogens is 484 g/mol. The minimum absolute atomic E-state index is 0.00220. The average Bonchev–Trinajstić information content (AvgIpc) is 3.51. The van der Waals surface area contributed by atoms with Crippen LogP contribution in [0.15, 0.2) is 43.0 Å². The van der Waals surface area contributed by atoms with Gasteiger partial charge in [-0.15, -0.1) is 0 Å². The highest BCUT2D eigenvalue weighted by Gasteiger charge is 2.28. The quantitative estimate of drug-likeness (QED) is 0.128. The highest BCUT2D eigenvalue weighted by Crippen LogP contribution is 2.19. The number of primary amides is 1. The summed E-state index contributed by atoms with van der Waals surface area (Å²) in [5, 5.41) is 17.3. The lowest BCUT2D eigenvalue weighted by molar-refractivity contribution is -0.143. The summed E-state index contributed by atoms with van der Waals surface area (Å²) in [5.74, 6) is -4.50. The van der Waals surface area contributed by atoms with E-state index in [4.69, 9.17) is 11.5 Å². The number of nitrogens with one attached hydrogen (secondary N) is 5. The highest BCUT2D eigenvalue weighted by molar-refractivity contribution is 5.94. The molecule has 10 N–H and O–H groups in total. The number of hydrogen-bond acceptors (Lipinski definition) is 7. The summed E-state index contributed by atoms with van der Waals surface area (Å²) in [4.78, 5) is 70.3. The predicted molar refractivity (Wildman–Crippen MR) is 131 cm³/mol. The van der Waals surface area contributed by atoms with Gasteiger partial charge in [-0.05, 0) is 11.6 Å². The third-order valence-corrected chi connectivity index (χ3v) is 5.53. The standard InChI is InChI=1S/C23H28N8O6/c24-15(6-13-9-26-11-29-13)21(34)28-10-20(33)30-17(22(35)31-18(23(36)37)7-19(25)32)5-12-8-27-16-4-2-1-3-14(12)16/h1-4,8-9,11,15,17-18,27H,5-7,10,24H2,(H2,25,32)(H,26,29)(H,28,34)(H,30,33)(H,31,35)(H,36,37). The molecule has 196 valence electrons. The van der Waals surface area contributed by atoms with Gasteiger partial charge in [0, 0.05) is 41.8 Å². The number of fused-ring (bicyclic) bond motifs is 1. The summed E-state index contributed by atoms with van der Waals surface area (Å²) in [6.45, 7) is -0.475. The highest BCUT2D eigenvalue weighted by atomic mass is 16.4. The first-order valence-corrected chi connectivity index (χ1v) is 11.3. The molecule has 0 radical (unpaired) electrons. The van der Waals surface area contributed by atoms with E-state index in [-0.39, 0.29) is 12.8 Å². The maximum atomic E-state index is 13.0. The van der Waals surface area contributed by atoms with Crippen LogP contribution in [0, 0.1) is 0 Å². The zero-order valence-electron chi connectivity index (χ0n) is 19.7. The number of aromatic nitrogens is 3. The summed E-state index contributed by atoms with van der Waals surface area (Å²) in [7, 11) is 0. The largest absolute Gasteiger partial charge is 0.480 e. The van der Waals surface area contributed by atoms with Crippen molar-refractivity contribution < 1.29 is 29.1 Å². The van der Waals surface area contributed by atoms with Gasteiger partial charge >= 0.3 is 5.97 Å². The maximum absolute atomic E-state index is 13.0. The second-order valence-corrected chi connectivity index (χ2v) is 8.36. The van der Waals surface area contributed by atoms with Gasteiger partial charge in [-0.25, -0.2) is 9.78 Å². The molecule has 3 atom stereocenters. The first kappa shape index (κ1) is 26.9. The lowest BCUT2D eigenvalue weighted by Gasteiger charge is -2.21. The van der Waals surface area contributed by atoms with Crippen LogP contribution in [0.5, 0.6) is 0 Å². The molecule has 3 rings (SSSR count). The summed E-state index contributed by atoms with van der Waals surface area (Å²) in [6, 6.07) is 3.56. The number of rotatable bonds is 13. The number of carboxylic acid groups (broad SMARTS) is 1. The molecule has 0 spiro atoms. The van der Waals surface area contributed by atoms with Crippen molar-refractivity contribution >= 4 is 40.5 Å². The Morgan fingerprint density at radius 1 is 1.00 bits per heavy atom. The smallest absolute Gasteiger partial charge is 0.326 e. The molecule has 37 heavy (non-hydrogen) atoms. The Morgan fingerprint density at radius 2 is 1.76 bits per heavy atom. The van der Waals surface area contributed by atoms with Crippen LogP contribution in [0.1, 0.15) is 17.7 Å². The van der Waals surface area contributed by atoms with Crippen molar-refractivity contribution in [2.24, 2.45) is 11.5 Å². The molecule has 2 aromatic heterocycles. The van der Waals surface area contributed by atoms with E-state index in [0.717, 1.165) is 10.9 Å². The number of carbonyl (C=O) groups excluding carboxylic acids is 4. The van der Waals surface area contributed by atoms with Crippen molar-refractivity contribution in [3.05, 3.63) is 54.2 Å². The fraction of sp³-hybridized carbons (Fsp3) is 0.304. The van der Waals surface area contributed by atoms with Gasteiger partial charge in [0.1, 0.15) is 12.1 Å². The number of para-hydroxylation sites is 1. The molecule has 14 heteroatoms. The molecule has 0 aliphatic carbocycles. The molecule has 0 saturated heterocycles. The van der Waals surface area contributed by atoms with Gasteiger partial charge in [0.25, 0.3) is 0 Å². The molecule has 1 aromatic carbocycles. The molecule has 0 aliphatic heterocycles. The number of benzene rings is 1. The summed E-state index contributed by atoms with van der Waals surface area (Å²) in [5.41, 5.74) is 13.1. The number of nitrogens with zero attached hydrogens (tertiary/aromatic N) is 1. The third kappa shape index (κ3) is 7.63. The minimum Gasteiger partial charge on any atom is -0.480 e. The molecule has 2 heterocycles. The van der Waals surface area contributed by atoms with Crippen molar-refractivity contribution in [2.75, 3.05) is 6.54 Å². The Labute approximate surface area is 210 Å². The first-order chi connectivity index (χ1) is 17.6. The lowest BCUT2D eigenvalue weighted by atomic mass is 10.0. The predicted octanol–water partition coefficient (Wildman–Crippen LogP) is -1.95. The number of nitrogens with two attached hydrogens (primary N) is 2. The molecule has 0 bridgehead atoms. The van der Waals surface area contributed by atoms with Gasteiger partial charge in [-0.1, -0.05) is 18.2 Å². The molecule has 4 amide bonds. The van der Waals surface area contributed by atoms with E-state index >= 15 is 0 Å². The van der Waals surface area contributed by atoms with Crippen LogP contribution in [0.4, 0.5) is 0 Å². The number of carbonyl (C=O) groups is 5. The van der Waals surface area contributed by atoms with Crippen LogP contribution >= 0.6 is 0 Å². The SMILES string of the molecule is NC(=O)CC(NC(=O)C(Cc1c[nH]c2ccccc12)NC(=O)CNC(=O)C(N)Cc1cnc[nH]1)C(=O)O. The molecule has 14 nitrogen and oxygen atoms in total. The number of aromatic amines is 2. The average molecular weight is 513 g/mol. The minimum atomic E-state index is -1.58. The van der Waals surface area contributed by atoms with Crippen molar-refractivity contribution in [3.63, 3.8) is 0 Å². The van der Waals surface area contributed by atoms with E-state index < -0.39 is 60.7 Å². The van der Waals surface area contributed by atoms with Crippen LogP contribution in [-0.4, -0.2) is 74.3 Å². The fourth-order valence-electron chi connectivity index (χ4n) is 3.67. The van der Waals surface area contributed by atoms with Gasteiger partial charge in [-0.2, -0.15) is 0 Å². The van der Waals surface area contributed by atoms with Crippen LogP contribution in [0.3, 0.4) is 0 Å². The molecule has 3 unspecified atom stereocenters. The van der Waals surface area contributed by atoms with Crippen LogP contribution < -0.4 is 27.4 Å². The number of imidazole rings is 1. The van der Waals surface area contributed by atoms with Gasteiger partial charge in [-0.3, -0.25) is 19.2 Å². The number of hydrogen-bond donors (Lipinski definition) is 8. The number of amides is 4. The molecule has 0 fully saturated rings. The Hall–Kier alpha value is -4.72. The number of aliphatic carboxylic acids is 1. The van der Waals surface area contributed by atoms with Gasteiger partial charge in [0.2, 0.25) is 23.6 Å². The second kappa shape index (κ2) is 12.3. The van der Waals surface area contributed by atoms with Crippen molar-refractivity contribution in [1.29, 1.82) is 0 Å². The molecule has 0 aliphatic rings. The fourth-order valence-corrected chi connectivity index (χ4v) is 3.67. The van der Waals surface area contributed by atoms with E-state index in [9.17, 15) is 29.1 Å². The summed E-state index contributed by atoms with van der Waals surface area (Å²) in [6.07, 6.45) is 4.19. The second-order valence-electron chi connectivity index (χ2n) is 8.36. The van der Waals surface area contributed by atoms with E-state index in [2.05, 4.69) is 30.9 Å². The van der Waals surface area contributed by atoms with E-state index in [1.807, 2.05) is 24.3 Å². The van der Waals surface area contributed by atoms with Crippen molar-refractivity contribution in [2.45, 2.75) is 37.4 Å². The van der Waals surface area contributed by atoms with Gasteiger partial charge in [0.05, 0.1) is 25.3 Å². The van der Waals surface area contributed by atoms with Crippen LogP contribution in [0.25, 0.3) is 10.9 Å². The lowest BCUT2D eigenvalue weighted by Crippen LogP contribution is -2.55. The Balaban J connectivity index is 1.68. The Bertz CT molecular complexity index is 1270. The van der Waals surface area contributed by atoms with Gasteiger partial charge in [0.15, 0.2) is 0 Å². The molecular formula is C23H28N8O6.